The van der Waals surface area contributed by atoms with E-state index >= 15 is 0 Å². The number of ketones is 1. The van der Waals surface area contributed by atoms with Gasteiger partial charge in [0.15, 0.2) is 0 Å². The maximum Gasteiger partial charge on any atom is 0.432 e. The summed E-state index contributed by atoms with van der Waals surface area (Å²) in [7, 11) is 1.37. The molecular formula is C22H18ClF3N2O3. The number of rotatable bonds is 6. The number of nitrogens with one attached hydrogen (secondary N) is 1. The number of alkyl halides is 3. The Labute approximate surface area is 180 Å². The number of nitrogens with zero attached hydrogens (tertiary/aromatic N) is 1. The number of hydrogen-bond acceptors (Lipinski definition) is 3. The van der Waals surface area contributed by atoms with E-state index in [4.69, 9.17) is 16.3 Å². The molecule has 1 aromatic heterocycles. The molecule has 1 saturated carbocycles. The topological polar surface area (TPSA) is 60.3 Å². The van der Waals surface area contributed by atoms with Gasteiger partial charge in [0.2, 0.25) is 0 Å². The number of fused-ring (bicyclic) bond motifs is 1. The highest BCUT2D eigenvalue weighted by atomic mass is 35.5. The molecule has 1 aliphatic rings. The Morgan fingerprint density at radius 2 is 1.84 bits per heavy atom. The molecule has 162 valence electrons. The second kappa shape index (κ2) is 7.92. The third-order valence-electron chi connectivity index (χ3n) is 5.14. The molecule has 2 aromatic carbocycles. The summed E-state index contributed by atoms with van der Waals surface area (Å²) >= 11 is 5.88. The lowest BCUT2D eigenvalue weighted by atomic mass is 10.0. The van der Waals surface area contributed by atoms with E-state index in [2.05, 4.69) is 5.32 Å². The Hall–Kier alpha value is -3.00. The van der Waals surface area contributed by atoms with E-state index in [1.54, 1.807) is 24.3 Å². The van der Waals surface area contributed by atoms with E-state index in [-0.39, 0.29) is 29.2 Å². The molecule has 0 bridgehead atoms. The van der Waals surface area contributed by atoms with Crippen molar-refractivity contribution in [1.29, 1.82) is 0 Å². The summed E-state index contributed by atoms with van der Waals surface area (Å²) in [6, 6.07) is 10.5. The molecule has 0 saturated heterocycles. The second-order valence-electron chi connectivity index (χ2n) is 7.39. The highest BCUT2D eigenvalue weighted by Gasteiger charge is 2.43. The Kier molecular flexibility index (Phi) is 5.43. The highest BCUT2D eigenvalue weighted by Crippen LogP contribution is 2.40. The van der Waals surface area contributed by atoms with Crippen molar-refractivity contribution in [3.05, 3.63) is 64.3 Å². The van der Waals surface area contributed by atoms with Crippen molar-refractivity contribution >= 4 is 34.2 Å². The summed E-state index contributed by atoms with van der Waals surface area (Å²) in [5.41, 5.74) is -1.11. The number of Topliss-reactive ketones (excluding diaryl/α,β-unsaturated/α-hetero) is 1. The minimum absolute atomic E-state index is 0.0107. The first kappa shape index (κ1) is 21.2. The molecule has 3 aromatic rings. The molecule has 1 fully saturated rings. The van der Waals surface area contributed by atoms with Gasteiger partial charge in [0, 0.05) is 28.5 Å². The number of benzene rings is 2. The molecule has 0 aliphatic heterocycles. The van der Waals surface area contributed by atoms with E-state index in [0.717, 1.165) is 4.57 Å². The van der Waals surface area contributed by atoms with Gasteiger partial charge in [-0.05, 0) is 48.7 Å². The van der Waals surface area contributed by atoms with E-state index in [1.807, 2.05) is 0 Å². The summed E-state index contributed by atoms with van der Waals surface area (Å²) in [6.45, 7) is -0.160. The van der Waals surface area contributed by atoms with E-state index in [9.17, 15) is 22.8 Å². The van der Waals surface area contributed by atoms with Gasteiger partial charge in [-0.3, -0.25) is 9.59 Å². The summed E-state index contributed by atoms with van der Waals surface area (Å²) in [6.07, 6.45) is -3.46. The van der Waals surface area contributed by atoms with Gasteiger partial charge in [0.05, 0.1) is 12.7 Å². The first-order chi connectivity index (χ1) is 14.7. The van der Waals surface area contributed by atoms with Gasteiger partial charge in [-0.2, -0.15) is 13.2 Å². The lowest BCUT2D eigenvalue weighted by Gasteiger charge is -2.15. The van der Waals surface area contributed by atoms with Gasteiger partial charge in [0.1, 0.15) is 11.4 Å². The van der Waals surface area contributed by atoms with E-state index < -0.39 is 29.1 Å². The Morgan fingerprint density at radius 1 is 1.16 bits per heavy atom. The molecule has 0 radical (unpaired) electrons. The number of carbonyl (C=O) groups is 2. The van der Waals surface area contributed by atoms with Crippen molar-refractivity contribution in [3.8, 4) is 5.75 Å². The number of aromatic nitrogens is 1. The molecule has 0 spiro atoms. The van der Waals surface area contributed by atoms with Gasteiger partial charge in [0.25, 0.3) is 11.7 Å². The molecule has 31 heavy (non-hydrogen) atoms. The zero-order valence-electron chi connectivity index (χ0n) is 16.4. The van der Waals surface area contributed by atoms with Crippen LogP contribution in [0.1, 0.15) is 34.5 Å². The van der Waals surface area contributed by atoms with E-state index in [0.29, 0.717) is 23.4 Å². The van der Waals surface area contributed by atoms with Crippen LogP contribution < -0.4 is 10.1 Å². The first-order valence-corrected chi connectivity index (χ1v) is 9.94. The minimum atomic E-state index is -4.87. The zero-order valence-corrected chi connectivity index (χ0v) is 17.2. The Balaban J connectivity index is 1.93. The van der Waals surface area contributed by atoms with Crippen molar-refractivity contribution in [2.45, 2.75) is 31.6 Å². The van der Waals surface area contributed by atoms with Crippen molar-refractivity contribution in [1.82, 2.24) is 9.88 Å². The number of halogens is 4. The molecule has 5 nitrogen and oxygen atoms in total. The van der Waals surface area contributed by atoms with Gasteiger partial charge in [-0.25, -0.2) is 0 Å². The van der Waals surface area contributed by atoms with Gasteiger partial charge in [-0.15, -0.1) is 0 Å². The van der Waals surface area contributed by atoms with Crippen LogP contribution in [0.25, 0.3) is 10.9 Å². The lowest BCUT2D eigenvalue weighted by Crippen LogP contribution is -2.34. The fourth-order valence-electron chi connectivity index (χ4n) is 3.51. The Bertz CT molecular complexity index is 1170. The molecule has 1 amide bonds. The first-order valence-electron chi connectivity index (χ1n) is 9.56. The predicted octanol–water partition coefficient (Wildman–Crippen LogP) is 4.83. The van der Waals surface area contributed by atoms with Crippen LogP contribution in [0.4, 0.5) is 13.2 Å². The number of ether oxygens (including phenoxy) is 1. The fourth-order valence-corrected chi connectivity index (χ4v) is 3.64. The van der Waals surface area contributed by atoms with Crippen LogP contribution in [0.15, 0.2) is 42.5 Å². The molecule has 0 unspecified atom stereocenters. The molecule has 0 atom stereocenters. The summed E-state index contributed by atoms with van der Waals surface area (Å²) < 4.78 is 48.9. The van der Waals surface area contributed by atoms with Crippen LogP contribution in [0.5, 0.6) is 5.75 Å². The average molecular weight is 451 g/mol. The summed E-state index contributed by atoms with van der Waals surface area (Å²) in [5, 5.41) is 2.94. The summed E-state index contributed by atoms with van der Waals surface area (Å²) in [4.78, 5) is 25.3. The standard InChI is InChI=1S/C22H18ClF3N2O3/c1-31-15-8-9-17-16(10-15)18(19(29)21(30)27-14-6-7-14)20(22(24,25)26)28(17)11-12-2-4-13(23)5-3-12/h2-5,8-10,14H,6-7,11H2,1H3,(H,27,30). The largest absolute Gasteiger partial charge is 0.497 e. The fraction of sp³-hybridized carbons (Fsp3) is 0.273. The second-order valence-corrected chi connectivity index (χ2v) is 7.83. The SMILES string of the molecule is COc1ccc2c(c1)c(C(=O)C(=O)NC1CC1)c(C(F)(F)F)n2Cc1ccc(Cl)cc1. The molecule has 1 aliphatic carbocycles. The molecule has 1 N–H and O–H groups in total. The molecule has 4 rings (SSSR count). The van der Waals surface area contributed by atoms with Crippen molar-refractivity contribution < 1.29 is 27.5 Å². The van der Waals surface area contributed by atoms with Crippen molar-refractivity contribution in [2.24, 2.45) is 0 Å². The van der Waals surface area contributed by atoms with Gasteiger partial charge >= 0.3 is 6.18 Å². The van der Waals surface area contributed by atoms with Crippen molar-refractivity contribution in [3.63, 3.8) is 0 Å². The number of carbonyl (C=O) groups excluding carboxylic acids is 2. The quantitative estimate of drug-likeness (QED) is 0.432. The van der Waals surface area contributed by atoms with Crippen LogP contribution >= 0.6 is 11.6 Å². The Morgan fingerprint density at radius 3 is 2.42 bits per heavy atom. The summed E-state index contributed by atoms with van der Waals surface area (Å²) in [5.74, 6) is -1.98. The zero-order chi connectivity index (χ0) is 22.3. The lowest BCUT2D eigenvalue weighted by molar-refractivity contribution is -0.143. The number of hydrogen-bond donors (Lipinski definition) is 1. The highest BCUT2D eigenvalue weighted by molar-refractivity contribution is 6.45. The van der Waals surface area contributed by atoms with Crippen LogP contribution in [0.3, 0.4) is 0 Å². The molecular weight excluding hydrogens is 433 g/mol. The number of amides is 1. The normalized spacial score (nSPS) is 14.0. The third kappa shape index (κ3) is 4.25. The minimum Gasteiger partial charge on any atom is -0.497 e. The van der Waals surface area contributed by atoms with Gasteiger partial charge < -0.3 is 14.6 Å². The molecule has 1 heterocycles. The van der Waals surface area contributed by atoms with E-state index in [1.165, 1.54) is 25.3 Å². The van der Waals surface area contributed by atoms with Crippen LogP contribution in [0, 0.1) is 0 Å². The third-order valence-corrected chi connectivity index (χ3v) is 5.39. The maximum atomic E-state index is 14.2. The predicted molar refractivity (Wildman–Crippen MR) is 110 cm³/mol. The van der Waals surface area contributed by atoms with Gasteiger partial charge in [-0.1, -0.05) is 23.7 Å². The van der Waals surface area contributed by atoms with Crippen LogP contribution in [-0.4, -0.2) is 29.4 Å². The number of methoxy groups -OCH3 is 1. The molecule has 9 heteroatoms. The van der Waals surface area contributed by atoms with Crippen LogP contribution in [0.2, 0.25) is 5.02 Å². The van der Waals surface area contributed by atoms with Crippen molar-refractivity contribution in [2.75, 3.05) is 7.11 Å². The average Bonchev–Trinajstić information content (AvgIpc) is 3.48. The smallest absolute Gasteiger partial charge is 0.432 e. The van der Waals surface area contributed by atoms with Crippen LogP contribution in [-0.2, 0) is 17.5 Å². The monoisotopic (exact) mass is 450 g/mol. The maximum absolute atomic E-state index is 14.2.